The minimum absolute atomic E-state index is 0.0251. The number of rotatable bonds is 4. The molecular formula is C23H24N4S. The molecule has 0 aliphatic carbocycles. The van der Waals surface area contributed by atoms with Crippen LogP contribution in [0.3, 0.4) is 0 Å². The molecule has 5 rings (SSSR count). The van der Waals surface area contributed by atoms with Crippen molar-refractivity contribution in [2.24, 2.45) is 4.99 Å². The molecule has 0 radical (unpaired) electrons. The van der Waals surface area contributed by atoms with Gasteiger partial charge in [0.05, 0.1) is 5.69 Å². The number of pyridine rings is 1. The molecule has 142 valence electrons. The lowest BCUT2D eigenvalue weighted by molar-refractivity contribution is 0.249. The van der Waals surface area contributed by atoms with E-state index in [1.165, 1.54) is 22.1 Å². The minimum Gasteiger partial charge on any atom is -0.337 e. The monoisotopic (exact) mass is 388 g/mol. The molecule has 0 spiro atoms. The minimum atomic E-state index is 0.0251. The molecule has 2 aromatic heterocycles. The number of aromatic nitrogens is 2. The molecule has 28 heavy (non-hydrogen) atoms. The molecule has 1 fully saturated rings. The lowest BCUT2D eigenvalue weighted by Crippen LogP contribution is -2.36. The third-order valence-corrected chi connectivity index (χ3v) is 6.85. The van der Waals surface area contributed by atoms with Gasteiger partial charge in [0.1, 0.15) is 12.1 Å². The van der Waals surface area contributed by atoms with Crippen molar-refractivity contribution in [1.82, 2.24) is 14.5 Å². The van der Waals surface area contributed by atoms with Crippen molar-refractivity contribution in [1.29, 1.82) is 0 Å². The molecule has 4 heterocycles. The van der Waals surface area contributed by atoms with E-state index in [-0.39, 0.29) is 12.1 Å². The summed E-state index contributed by atoms with van der Waals surface area (Å²) >= 11 is 1.89. The van der Waals surface area contributed by atoms with Crippen LogP contribution in [0.15, 0.2) is 72.0 Å². The van der Waals surface area contributed by atoms with Gasteiger partial charge >= 0.3 is 0 Å². The van der Waals surface area contributed by atoms with Gasteiger partial charge < -0.3 is 9.47 Å². The van der Waals surface area contributed by atoms with Crippen LogP contribution in [-0.4, -0.2) is 31.4 Å². The largest absolute Gasteiger partial charge is 0.337 e. The number of nitrogens with zero attached hydrogens (tertiary/aromatic N) is 4. The van der Waals surface area contributed by atoms with Gasteiger partial charge in [-0.3, -0.25) is 9.98 Å². The second kappa shape index (κ2) is 7.13. The average Bonchev–Trinajstić information content (AvgIpc) is 3.44. The van der Waals surface area contributed by atoms with Gasteiger partial charge in [-0.1, -0.05) is 42.4 Å². The van der Waals surface area contributed by atoms with Crippen LogP contribution in [0.2, 0.25) is 0 Å². The molecule has 5 heteroatoms. The van der Waals surface area contributed by atoms with E-state index in [1.807, 2.05) is 24.0 Å². The Morgan fingerprint density at radius 1 is 1.07 bits per heavy atom. The first kappa shape index (κ1) is 17.6. The van der Waals surface area contributed by atoms with E-state index in [1.54, 1.807) is 0 Å². The van der Waals surface area contributed by atoms with Gasteiger partial charge in [-0.05, 0) is 49.7 Å². The Morgan fingerprint density at radius 3 is 2.68 bits per heavy atom. The van der Waals surface area contributed by atoms with Crippen molar-refractivity contribution in [2.75, 3.05) is 5.75 Å². The maximum Gasteiger partial charge on any atom is 0.160 e. The first-order chi connectivity index (χ1) is 13.8. The highest BCUT2D eigenvalue weighted by atomic mass is 32.2. The lowest BCUT2D eigenvalue weighted by atomic mass is 9.99. The zero-order valence-electron chi connectivity index (χ0n) is 16.2. The molecule has 2 aliphatic heterocycles. The van der Waals surface area contributed by atoms with E-state index >= 15 is 0 Å². The summed E-state index contributed by atoms with van der Waals surface area (Å²) in [5.41, 5.74) is 4.79. The quantitative estimate of drug-likeness (QED) is 0.619. The molecule has 1 aromatic carbocycles. The molecular weight excluding hydrogens is 364 g/mol. The van der Waals surface area contributed by atoms with Gasteiger partial charge in [0, 0.05) is 35.6 Å². The van der Waals surface area contributed by atoms with E-state index < -0.39 is 0 Å². The third kappa shape index (κ3) is 2.85. The lowest BCUT2D eigenvalue weighted by Gasteiger charge is -2.32. The van der Waals surface area contributed by atoms with Crippen molar-refractivity contribution < 1.29 is 0 Å². The van der Waals surface area contributed by atoms with Crippen LogP contribution in [0.4, 0.5) is 0 Å². The zero-order chi connectivity index (χ0) is 19.1. The number of hydrogen-bond donors (Lipinski definition) is 0. The molecule has 0 bridgehead atoms. The third-order valence-electron chi connectivity index (χ3n) is 5.72. The molecule has 0 saturated carbocycles. The predicted octanol–water partition coefficient (Wildman–Crippen LogP) is 5.16. The van der Waals surface area contributed by atoms with Crippen LogP contribution in [0, 0.1) is 6.92 Å². The molecule has 3 atom stereocenters. The molecule has 0 unspecified atom stereocenters. The van der Waals surface area contributed by atoms with Crippen LogP contribution >= 0.6 is 11.8 Å². The fourth-order valence-corrected chi connectivity index (χ4v) is 5.58. The second-order valence-electron chi connectivity index (χ2n) is 7.47. The first-order valence-corrected chi connectivity index (χ1v) is 10.9. The van der Waals surface area contributed by atoms with Crippen molar-refractivity contribution in [2.45, 2.75) is 38.4 Å². The highest BCUT2D eigenvalue weighted by molar-refractivity contribution is 8.14. The Labute approximate surface area is 170 Å². The summed E-state index contributed by atoms with van der Waals surface area (Å²) in [5, 5.41) is 1.17. The van der Waals surface area contributed by atoms with Crippen molar-refractivity contribution in [3.63, 3.8) is 0 Å². The molecule has 4 nitrogen and oxygen atoms in total. The number of fused-ring (bicyclic) bond motifs is 1. The van der Waals surface area contributed by atoms with Gasteiger partial charge in [-0.2, -0.15) is 0 Å². The second-order valence-corrected chi connectivity index (χ2v) is 8.46. The molecule has 3 aromatic rings. The molecule has 0 N–H and O–H groups in total. The number of hydrogen-bond acceptors (Lipinski definition) is 4. The Balaban J connectivity index is 1.62. The van der Waals surface area contributed by atoms with E-state index in [9.17, 15) is 0 Å². The Kier molecular flexibility index (Phi) is 4.47. The van der Waals surface area contributed by atoms with Gasteiger partial charge in [0.15, 0.2) is 5.17 Å². The Bertz CT molecular complexity index is 993. The average molecular weight is 389 g/mol. The van der Waals surface area contributed by atoms with Crippen LogP contribution in [0.1, 0.15) is 42.4 Å². The molecule has 0 amide bonds. The number of benzene rings is 1. The number of aryl methyl sites for hydroxylation is 1. The Morgan fingerprint density at radius 2 is 1.93 bits per heavy atom. The normalized spacial score (nSPS) is 23.7. The van der Waals surface area contributed by atoms with Gasteiger partial charge in [-0.15, -0.1) is 0 Å². The fraction of sp³-hybridized carbons (Fsp3) is 0.304. The summed E-state index contributed by atoms with van der Waals surface area (Å²) in [6, 6.07) is 20.0. The summed E-state index contributed by atoms with van der Waals surface area (Å²) in [6.07, 6.45) is 5.17. The summed E-state index contributed by atoms with van der Waals surface area (Å²) in [4.78, 5) is 12.3. The standard InChI is InChI=1S/C23H24N4S/c1-3-17-15-28-23-25-21(19-7-4-5-13-24-19)22(27(17)23)20-8-6-14-26(20)18-11-9-16(2)10-12-18/h4-14,17,21-22H,3,15H2,1-2H3/t17-,21+,22-/m1/s1. The fourth-order valence-electron chi connectivity index (χ4n) is 4.25. The summed E-state index contributed by atoms with van der Waals surface area (Å²) in [7, 11) is 0. The van der Waals surface area contributed by atoms with E-state index in [2.05, 4.69) is 83.0 Å². The topological polar surface area (TPSA) is 33.4 Å². The van der Waals surface area contributed by atoms with Crippen molar-refractivity contribution in [3.05, 3.63) is 83.9 Å². The zero-order valence-corrected chi connectivity index (χ0v) is 17.0. The van der Waals surface area contributed by atoms with E-state index in [0.717, 1.165) is 17.9 Å². The molecule has 2 aliphatic rings. The maximum absolute atomic E-state index is 5.13. The smallest absolute Gasteiger partial charge is 0.160 e. The highest BCUT2D eigenvalue weighted by Gasteiger charge is 2.46. The van der Waals surface area contributed by atoms with Gasteiger partial charge in [0.25, 0.3) is 0 Å². The maximum atomic E-state index is 5.13. The Hall–Kier alpha value is -2.53. The number of aliphatic imine (C=N–C) groups is 1. The predicted molar refractivity (Wildman–Crippen MR) is 116 cm³/mol. The number of amidine groups is 1. The van der Waals surface area contributed by atoms with E-state index in [0.29, 0.717) is 6.04 Å². The van der Waals surface area contributed by atoms with Gasteiger partial charge in [-0.25, -0.2) is 0 Å². The summed E-state index contributed by atoms with van der Waals surface area (Å²) in [5.74, 6) is 1.12. The summed E-state index contributed by atoms with van der Waals surface area (Å²) in [6.45, 7) is 4.40. The van der Waals surface area contributed by atoms with E-state index in [4.69, 9.17) is 4.99 Å². The van der Waals surface area contributed by atoms with Crippen LogP contribution in [-0.2, 0) is 0 Å². The van der Waals surface area contributed by atoms with Crippen LogP contribution < -0.4 is 0 Å². The van der Waals surface area contributed by atoms with Gasteiger partial charge in [0.2, 0.25) is 0 Å². The summed E-state index contributed by atoms with van der Waals surface area (Å²) < 4.78 is 2.31. The van der Waals surface area contributed by atoms with Crippen molar-refractivity contribution in [3.8, 4) is 5.69 Å². The SMILES string of the molecule is CC[C@@H]1CSC2=N[C@@H](c3ccccn3)[C@@H](c3cccn3-c3ccc(C)cc3)N21. The van der Waals surface area contributed by atoms with Crippen LogP contribution in [0.25, 0.3) is 5.69 Å². The number of thioether (sulfide) groups is 1. The van der Waals surface area contributed by atoms with Crippen LogP contribution in [0.5, 0.6) is 0 Å². The van der Waals surface area contributed by atoms with Crippen molar-refractivity contribution >= 4 is 16.9 Å². The highest BCUT2D eigenvalue weighted by Crippen LogP contribution is 2.48. The molecule has 1 saturated heterocycles. The first-order valence-electron chi connectivity index (χ1n) is 9.90.